The zero-order valence-corrected chi connectivity index (χ0v) is 77.4. The van der Waals surface area contributed by atoms with Crippen molar-refractivity contribution in [1.29, 1.82) is 0 Å². The number of phenolic OH excluding ortho intramolecular Hbond substituents is 5. The Morgan fingerprint density at radius 1 is 0.192 bits per heavy atom. The van der Waals surface area contributed by atoms with Crippen molar-refractivity contribution in [3.63, 3.8) is 0 Å². The fraction of sp³-hybridized carbons (Fsp3) is 0.411. The van der Waals surface area contributed by atoms with E-state index < -0.39 is 0 Å². The number of aromatic hydroxyl groups is 5. The monoisotopic (exact) mass is 1610 g/mol. The summed E-state index contributed by atoms with van der Waals surface area (Å²) >= 11 is 0. The molecule has 0 aromatic heterocycles. The molecule has 1 aliphatic carbocycles. The summed E-state index contributed by atoms with van der Waals surface area (Å²) in [4.78, 5) is 0. The van der Waals surface area contributed by atoms with Crippen molar-refractivity contribution in [3.05, 3.63) is 337 Å². The average molecular weight is 1610 g/mol. The van der Waals surface area contributed by atoms with Crippen LogP contribution in [-0.4, -0.2) is 25.5 Å². The van der Waals surface area contributed by atoms with E-state index >= 15 is 0 Å². The Kier molecular flexibility index (Phi) is 25.0. The van der Waals surface area contributed by atoms with E-state index in [0.29, 0.717) is 78.0 Å². The van der Waals surface area contributed by atoms with E-state index in [2.05, 4.69) is 357 Å². The van der Waals surface area contributed by atoms with Gasteiger partial charge in [-0.1, -0.05) is 353 Å². The molecule has 0 unspecified atom stereocenters. The Morgan fingerprint density at radius 2 is 0.308 bits per heavy atom. The van der Waals surface area contributed by atoms with Crippen molar-refractivity contribution in [2.45, 2.75) is 301 Å². The van der Waals surface area contributed by atoms with Crippen LogP contribution in [0.15, 0.2) is 170 Å². The van der Waals surface area contributed by atoms with Gasteiger partial charge in [-0.15, -0.1) is 0 Å². The molecule has 16 bridgehead atoms. The maximum atomic E-state index is 13.7. The lowest BCUT2D eigenvalue weighted by molar-refractivity contribution is 0.300. The lowest BCUT2D eigenvalue weighted by Gasteiger charge is -2.28. The van der Waals surface area contributed by atoms with Gasteiger partial charge in [0.2, 0.25) is 0 Å². The van der Waals surface area contributed by atoms with Crippen molar-refractivity contribution in [3.8, 4) is 46.0 Å². The van der Waals surface area contributed by atoms with E-state index in [1.165, 1.54) is 0 Å². The normalized spacial score (nSPS) is 13.6. The molecule has 1 aliphatic rings. The van der Waals surface area contributed by atoms with Crippen molar-refractivity contribution < 1.29 is 39.7 Å². The molecule has 0 fully saturated rings. The van der Waals surface area contributed by atoms with E-state index in [4.69, 9.17) is 14.2 Å². The van der Waals surface area contributed by atoms with E-state index in [-0.39, 0.29) is 105 Å². The largest absolute Gasteiger partial charge is 0.507 e. The third-order valence-electron chi connectivity index (χ3n) is 24.6. The molecule has 0 saturated carbocycles. The van der Waals surface area contributed by atoms with Crippen LogP contribution in [0, 0.1) is 20.8 Å². The number of hydrogen-bond acceptors (Lipinski definition) is 8. The fourth-order valence-corrected chi connectivity index (χ4v) is 16.4. The van der Waals surface area contributed by atoms with Crippen LogP contribution in [0.2, 0.25) is 0 Å². The highest BCUT2D eigenvalue weighted by atomic mass is 16.5. The predicted octanol–water partition coefficient (Wildman–Crippen LogP) is 27.3. The van der Waals surface area contributed by atoms with Crippen LogP contribution in [0.5, 0.6) is 46.0 Å². The summed E-state index contributed by atoms with van der Waals surface area (Å²) in [6, 6.07) is 60.6. The Morgan fingerprint density at radius 3 is 0.433 bits per heavy atom. The van der Waals surface area contributed by atoms with E-state index in [1.54, 1.807) is 0 Å². The first-order chi connectivity index (χ1) is 55.7. The van der Waals surface area contributed by atoms with Crippen molar-refractivity contribution in [1.82, 2.24) is 0 Å². The highest BCUT2D eigenvalue weighted by Gasteiger charge is 2.33. The van der Waals surface area contributed by atoms with E-state index in [1.807, 2.05) is 0 Å². The quantitative estimate of drug-likeness (QED) is 0.0967. The van der Waals surface area contributed by atoms with Crippen LogP contribution in [0.4, 0.5) is 0 Å². The number of aryl methyl sites for hydroxylation is 3. The summed E-state index contributed by atoms with van der Waals surface area (Å²) in [6.45, 7) is 60.5. The van der Waals surface area contributed by atoms with Gasteiger partial charge in [0.05, 0.1) is 0 Å². The molecule has 120 heavy (non-hydrogen) atoms. The van der Waals surface area contributed by atoms with Crippen LogP contribution in [0.3, 0.4) is 0 Å². The predicted molar refractivity (Wildman–Crippen MR) is 498 cm³/mol. The lowest BCUT2D eigenvalue weighted by Crippen LogP contribution is -2.16. The van der Waals surface area contributed by atoms with Crippen LogP contribution in [0.1, 0.15) is 333 Å². The van der Waals surface area contributed by atoms with E-state index in [9.17, 15) is 25.5 Å². The zero-order chi connectivity index (χ0) is 87.6. The van der Waals surface area contributed by atoms with Gasteiger partial charge in [-0.05, 0) is 214 Å². The third kappa shape index (κ3) is 20.9. The molecular formula is C112H136O8. The van der Waals surface area contributed by atoms with Gasteiger partial charge in [0.15, 0.2) is 0 Å². The number of rotatable bonds is 9. The van der Waals surface area contributed by atoms with Crippen LogP contribution in [0.25, 0.3) is 0 Å². The molecule has 0 heterocycles. The first-order valence-electron chi connectivity index (χ1n) is 43.5. The SMILES string of the molecule is Cc1ccc(COc2c3cc(C(C)(C)C)cc2Cc2cc(C(C)(C)C)cc(c2O)Cc2cc(C(C)(C)C)cc(c2OCc2ccc(C)cc2)Cc2cc(C(C)(C)C)cc(c2O)Cc2cc(C(C)(C)C)cc(c2OCc2ccc(C)cc2)Cc2cc(C(C)(C)C)cc(c2O)Cc2cc(C(C)(C)C)cc(c2O)Cc2cc(C(C)(C)C)cc(c2O)C3)cc1. The molecule has 0 aliphatic heterocycles. The number of ether oxygens (including phenoxy) is 3. The molecule has 0 radical (unpaired) electrons. The molecule has 11 aromatic carbocycles. The van der Waals surface area contributed by atoms with Crippen molar-refractivity contribution in [2.24, 2.45) is 0 Å². The van der Waals surface area contributed by atoms with Gasteiger partial charge < -0.3 is 39.7 Å². The smallest absolute Gasteiger partial charge is 0.126 e. The molecule has 12 rings (SSSR count). The fourth-order valence-electron chi connectivity index (χ4n) is 16.4. The second-order valence-corrected chi connectivity index (χ2v) is 43.3. The van der Waals surface area contributed by atoms with Crippen molar-refractivity contribution >= 4 is 0 Å². The summed E-state index contributed by atoms with van der Waals surface area (Å²) < 4.78 is 22.1. The van der Waals surface area contributed by atoms with Gasteiger partial charge in [-0.3, -0.25) is 0 Å². The number of fused-ring (bicyclic) bond motifs is 16. The Labute approximate surface area is 719 Å². The van der Waals surface area contributed by atoms with Gasteiger partial charge in [0.1, 0.15) is 65.8 Å². The minimum absolute atomic E-state index is 0.111. The summed E-state index contributed by atoms with van der Waals surface area (Å²) in [6.07, 6.45) is 2.26. The summed E-state index contributed by atoms with van der Waals surface area (Å²) in [5.74, 6) is 2.85. The first kappa shape index (κ1) is 89.1. The maximum Gasteiger partial charge on any atom is 0.126 e. The number of phenols is 5. The molecule has 0 saturated heterocycles. The van der Waals surface area contributed by atoms with Gasteiger partial charge >= 0.3 is 0 Å². The van der Waals surface area contributed by atoms with Crippen molar-refractivity contribution in [2.75, 3.05) is 0 Å². The second kappa shape index (κ2) is 33.7. The van der Waals surface area contributed by atoms with E-state index in [0.717, 1.165) is 145 Å². The lowest BCUT2D eigenvalue weighted by atomic mass is 9.79. The van der Waals surface area contributed by atoms with Gasteiger partial charge in [0.25, 0.3) is 0 Å². The van der Waals surface area contributed by atoms with Crippen LogP contribution < -0.4 is 14.2 Å². The molecule has 632 valence electrons. The standard InChI is InChI=1S/C112H136O8/c1-67-28-34-70(35-29-67)64-118-102-83-42-77-52-90(106(7,8)9)50-75(98(77)114)40-73-48-89(105(4,5)6)49-74(97(73)113)41-76-51-91(107(10,11)12)53-78(99(76)115)43-84-59-95(111(22,23)24)61-86(103(84)119-65-71-36-30-68(2)31-37-71)45-80-55-93(109(16,17)18)57-82(101(80)117)47-88-63-96(112(25,26)27)62-87(104(88)120-66-72-38-32-69(3)33-39-72)46-81-56-92(108(13,14)15)54-79(100(81)116)44-85(102)60-94(58-83)110(19,20)21/h28-39,48-63,113-117H,40-47,64-66H2,1-27H3. The molecule has 0 amide bonds. The second-order valence-electron chi connectivity index (χ2n) is 43.3. The minimum atomic E-state index is -0.371. The molecule has 0 atom stereocenters. The summed E-state index contributed by atoms with van der Waals surface area (Å²) in [5, 5.41) is 67.3. The third-order valence-corrected chi connectivity index (χ3v) is 24.6. The number of hydrogen-bond donors (Lipinski definition) is 5. The minimum Gasteiger partial charge on any atom is -0.507 e. The molecule has 11 aromatic rings. The Hall–Kier alpha value is -10.2. The molecule has 8 nitrogen and oxygen atoms in total. The van der Waals surface area contributed by atoms with Gasteiger partial charge in [0, 0.05) is 51.4 Å². The Balaban J connectivity index is 1.17. The average Bonchev–Trinajstić information content (AvgIpc) is 0.770. The molecule has 0 spiro atoms. The van der Waals surface area contributed by atoms with Crippen LogP contribution in [-0.2, 0) is 115 Å². The molecule has 8 heteroatoms. The van der Waals surface area contributed by atoms with Crippen LogP contribution >= 0.6 is 0 Å². The zero-order valence-electron chi connectivity index (χ0n) is 77.4. The topological polar surface area (TPSA) is 129 Å². The summed E-state index contributed by atoms with van der Waals surface area (Å²) in [7, 11) is 0. The Bertz CT molecular complexity index is 5310. The molecular weight excluding hydrogens is 1470 g/mol. The van der Waals surface area contributed by atoms with Gasteiger partial charge in [-0.2, -0.15) is 0 Å². The van der Waals surface area contributed by atoms with Gasteiger partial charge in [-0.25, -0.2) is 0 Å². The number of benzene rings is 11. The highest BCUT2D eigenvalue weighted by molar-refractivity contribution is 5.63. The molecule has 5 N–H and O–H groups in total. The maximum absolute atomic E-state index is 13.7. The summed E-state index contributed by atoms with van der Waals surface area (Å²) in [5.41, 5.74) is 24.7. The first-order valence-corrected chi connectivity index (χ1v) is 43.5. The highest BCUT2D eigenvalue weighted by Crippen LogP contribution is 2.48.